The van der Waals surface area contributed by atoms with E-state index in [1.165, 1.54) is 7.11 Å². The summed E-state index contributed by atoms with van der Waals surface area (Å²) >= 11 is 0. The zero-order valence-corrected chi connectivity index (χ0v) is 13.0. The molecule has 0 aliphatic carbocycles. The summed E-state index contributed by atoms with van der Waals surface area (Å²) in [5.74, 6) is 0.871. The number of ether oxygens (including phenoxy) is 1. The van der Waals surface area contributed by atoms with Gasteiger partial charge in [-0.3, -0.25) is 0 Å². The molecule has 0 aliphatic rings. The first-order valence-electron chi connectivity index (χ1n) is 6.10. The van der Waals surface area contributed by atoms with E-state index in [0.717, 1.165) is 17.5 Å². The van der Waals surface area contributed by atoms with Gasteiger partial charge in [0.1, 0.15) is 0 Å². The molecule has 0 bridgehead atoms. The smallest absolute Gasteiger partial charge is 0.242 e. The van der Waals surface area contributed by atoms with Crippen molar-refractivity contribution in [1.82, 2.24) is 19.8 Å². The molecule has 114 valence electrons. The van der Waals surface area contributed by atoms with E-state index in [0.29, 0.717) is 17.3 Å². The molecule has 2 heterocycles. The van der Waals surface area contributed by atoms with E-state index >= 15 is 0 Å². The summed E-state index contributed by atoms with van der Waals surface area (Å²) in [5.41, 5.74) is 2.33. The van der Waals surface area contributed by atoms with Crippen LogP contribution in [0.5, 0.6) is 5.88 Å². The lowest BCUT2D eigenvalue weighted by atomic mass is 10.1. The minimum atomic E-state index is -3.32. The van der Waals surface area contributed by atoms with Gasteiger partial charge in [-0.25, -0.2) is 18.1 Å². The second kappa shape index (κ2) is 5.78. The third-order valence-corrected chi connectivity index (χ3v) is 3.35. The van der Waals surface area contributed by atoms with Gasteiger partial charge in [-0.05, 0) is 25.5 Å². The van der Waals surface area contributed by atoms with Crippen LogP contribution in [0.15, 0.2) is 10.6 Å². The van der Waals surface area contributed by atoms with E-state index in [4.69, 9.17) is 9.26 Å². The SMILES string of the molecule is COc1nc(C)cc(C)c1-c1noc(CNS(C)(=O)=O)n1. The third-order valence-electron chi connectivity index (χ3n) is 2.68. The maximum Gasteiger partial charge on any atom is 0.242 e. The summed E-state index contributed by atoms with van der Waals surface area (Å²) in [6, 6.07) is 1.88. The van der Waals surface area contributed by atoms with Gasteiger partial charge in [-0.1, -0.05) is 5.16 Å². The van der Waals surface area contributed by atoms with E-state index in [1.54, 1.807) is 0 Å². The first-order chi connectivity index (χ1) is 9.80. The van der Waals surface area contributed by atoms with Gasteiger partial charge in [0.15, 0.2) is 0 Å². The number of hydrogen-bond donors (Lipinski definition) is 1. The molecule has 21 heavy (non-hydrogen) atoms. The molecular formula is C12H16N4O4S. The minimum absolute atomic E-state index is 0.0630. The number of sulfonamides is 1. The number of methoxy groups -OCH3 is 1. The van der Waals surface area contributed by atoms with Gasteiger partial charge < -0.3 is 9.26 Å². The van der Waals surface area contributed by atoms with Crippen LogP contribution in [0.3, 0.4) is 0 Å². The number of hydrogen-bond acceptors (Lipinski definition) is 7. The molecule has 2 aromatic heterocycles. The Balaban J connectivity index is 2.34. The lowest BCUT2D eigenvalue weighted by Gasteiger charge is -2.08. The molecule has 2 rings (SSSR count). The average molecular weight is 312 g/mol. The summed E-state index contributed by atoms with van der Waals surface area (Å²) < 4.78 is 34.6. The molecule has 0 unspecified atom stereocenters. The molecule has 2 aromatic rings. The number of aromatic nitrogens is 3. The van der Waals surface area contributed by atoms with Gasteiger partial charge in [-0.2, -0.15) is 4.98 Å². The zero-order chi connectivity index (χ0) is 15.6. The summed E-state index contributed by atoms with van der Waals surface area (Å²) in [7, 11) is -1.81. The molecule has 0 amide bonds. The van der Waals surface area contributed by atoms with E-state index in [1.807, 2.05) is 19.9 Å². The average Bonchev–Trinajstić information content (AvgIpc) is 2.83. The largest absolute Gasteiger partial charge is 0.480 e. The van der Waals surface area contributed by atoms with Crippen molar-refractivity contribution < 1.29 is 17.7 Å². The summed E-state index contributed by atoms with van der Waals surface area (Å²) in [6.45, 7) is 3.68. The van der Waals surface area contributed by atoms with Gasteiger partial charge in [0.05, 0.1) is 25.5 Å². The van der Waals surface area contributed by atoms with E-state index in [9.17, 15) is 8.42 Å². The predicted octanol–water partition coefficient (Wildman–Crippen LogP) is 0.806. The lowest BCUT2D eigenvalue weighted by Crippen LogP contribution is -2.21. The Labute approximate surface area is 122 Å². The maximum atomic E-state index is 11.0. The Bertz CT molecular complexity index is 755. The summed E-state index contributed by atoms with van der Waals surface area (Å²) in [6.07, 6.45) is 1.06. The molecule has 0 aliphatic heterocycles. The van der Waals surface area contributed by atoms with Crippen molar-refractivity contribution in [3.05, 3.63) is 23.2 Å². The fourth-order valence-electron chi connectivity index (χ4n) is 1.84. The fraction of sp³-hybridized carbons (Fsp3) is 0.417. The van der Waals surface area contributed by atoms with E-state index in [-0.39, 0.29) is 12.4 Å². The second-order valence-electron chi connectivity index (χ2n) is 4.57. The molecule has 0 saturated heterocycles. The van der Waals surface area contributed by atoms with Crippen molar-refractivity contribution in [3.8, 4) is 17.3 Å². The first-order valence-corrected chi connectivity index (χ1v) is 7.99. The molecule has 0 radical (unpaired) electrons. The highest BCUT2D eigenvalue weighted by Crippen LogP contribution is 2.29. The van der Waals surface area contributed by atoms with Crippen LogP contribution in [-0.4, -0.2) is 36.9 Å². The van der Waals surface area contributed by atoms with Crippen LogP contribution in [0.1, 0.15) is 17.1 Å². The molecule has 0 aromatic carbocycles. The highest BCUT2D eigenvalue weighted by molar-refractivity contribution is 7.88. The molecular weight excluding hydrogens is 296 g/mol. The predicted molar refractivity (Wildman–Crippen MR) is 75.2 cm³/mol. The zero-order valence-electron chi connectivity index (χ0n) is 12.2. The maximum absolute atomic E-state index is 11.0. The Morgan fingerprint density at radius 1 is 1.33 bits per heavy atom. The number of nitrogens with zero attached hydrogens (tertiary/aromatic N) is 3. The monoisotopic (exact) mass is 312 g/mol. The van der Waals surface area contributed by atoms with Crippen LogP contribution in [0.4, 0.5) is 0 Å². The van der Waals surface area contributed by atoms with Crippen molar-refractivity contribution in [1.29, 1.82) is 0 Å². The van der Waals surface area contributed by atoms with Gasteiger partial charge >= 0.3 is 0 Å². The molecule has 0 spiro atoms. The third kappa shape index (κ3) is 3.76. The normalized spacial score (nSPS) is 11.6. The molecule has 0 atom stereocenters. The Hall–Kier alpha value is -2.00. The first kappa shape index (κ1) is 15.4. The van der Waals surface area contributed by atoms with Gasteiger partial charge in [-0.15, -0.1) is 0 Å². The molecule has 0 saturated carbocycles. The number of rotatable bonds is 5. The molecule has 9 heteroatoms. The van der Waals surface area contributed by atoms with Gasteiger partial charge in [0.25, 0.3) is 0 Å². The Morgan fingerprint density at radius 2 is 2.05 bits per heavy atom. The van der Waals surface area contributed by atoms with Gasteiger partial charge in [0.2, 0.25) is 27.6 Å². The molecule has 0 fully saturated rings. The van der Waals surface area contributed by atoms with Crippen LogP contribution >= 0.6 is 0 Å². The summed E-state index contributed by atoms with van der Waals surface area (Å²) in [5, 5.41) is 3.85. The lowest BCUT2D eigenvalue weighted by molar-refractivity contribution is 0.374. The quantitative estimate of drug-likeness (QED) is 0.870. The van der Waals surface area contributed by atoms with Crippen molar-refractivity contribution in [3.63, 3.8) is 0 Å². The highest BCUT2D eigenvalue weighted by Gasteiger charge is 2.18. The van der Waals surface area contributed by atoms with E-state index in [2.05, 4.69) is 19.8 Å². The Kier molecular flexibility index (Phi) is 4.24. The van der Waals surface area contributed by atoms with Crippen molar-refractivity contribution in [2.75, 3.05) is 13.4 Å². The van der Waals surface area contributed by atoms with Crippen LogP contribution in [0, 0.1) is 13.8 Å². The minimum Gasteiger partial charge on any atom is -0.480 e. The number of aryl methyl sites for hydroxylation is 2. The fourth-order valence-corrected chi connectivity index (χ4v) is 2.23. The van der Waals surface area contributed by atoms with Crippen LogP contribution in [0.2, 0.25) is 0 Å². The molecule has 8 nitrogen and oxygen atoms in total. The van der Waals surface area contributed by atoms with Crippen molar-refractivity contribution >= 4 is 10.0 Å². The van der Waals surface area contributed by atoms with Gasteiger partial charge in [0, 0.05) is 5.69 Å². The standard InChI is InChI=1S/C12H16N4O4S/c1-7-5-8(2)14-12(19-3)10(7)11-15-9(20-16-11)6-13-21(4,17)18/h5,13H,6H2,1-4H3. The Morgan fingerprint density at radius 3 is 2.67 bits per heavy atom. The van der Waals surface area contributed by atoms with Crippen LogP contribution in [0.25, 0.3) is 11.4 Å². The highest BCUT2D eigenvalue weighted by atomic mass is 32.2. The summed E-state index contributed by atoms with van der Waals surface area (Å²) in [4.78, 5) is 8.43. The van der Waals surface area contributed by atoms with Crippen molar-refractivity contribution in [2.24, 2.45) is 0 Å². The number of nitrogens with one attached hydrogen (secondary N) is 1. The second-order valence-corrected chi connectivity index (χ2v) is 6.40. The number of pyridine rings is 1. The molecule has 1 N–H and O–H groups in total. The topological polar surface area (TPSA) is 107 Å². The van der Waals surface area contributed by atoms with Crippen LogP contribution in [-0.2, 0) is 16.6 Å². The van der Waals surface area contributed by atoms with E-state index < -0.39 is 10.0 Å². The van der Waals surface area contributed by atoms with Crippen molar-refractivity contribution in [2.45, 2.75) is 20.4 Å². The van der Waals surface area contributed by atoms with Crippen LogP contribution < -0.4 is 9.46 Å².